The van der Waals surface area contributed by atoms with E-state index in [1.807, 2.05) is 66.3 Å². The van der Waals surface area contributed by atoms with Crippen molar-refractivity contribution >= 4 is 40.0 Å². The lowest BCUT2D eigenvalue weighted by Gasteiger charge is -2.21. The molecule has 0 amide bonds. The van der Waals surface area contributed by atoms with Crippen LogP contribution in [0.25, 0.3) is 5.69 Å². The maximum Gasteiger partial charge on any atom is 0.208 e. The number of hydrogen-bond acceptors (Lipinski definition) is 4. The summed E-state index contributed by atoms with van der Waals surface area (Å²) in [5.74, 6) is 0.718. The molecule has 0 radical (unpaired) electrons. The van der Waals surface area contributed by atoms with E-state index in [0.717, 1.165) is 30.0 Å². The number of guanidine groups is 1. The summed E-state index contributed by atoms with van der Waals surface area (Å²) >= 11 is 0. The molecule has 0 atom stereocenters. The third kappa shape index (κ3) is 8.26. The van der Waals surface area contributed by atoms with E-state index in [-0.39, 0.29) is 30.5 Å². The van der Waals surface area contributed by atoms with Crippen LogP contribution in [0, 0.1) is 0 Å². The number of para-hydroxylation sites is 1. The largest absolute Gasteiger partial charge is 0.357 e. The van der Waals surface area contributed by atoms with E-state index >= 15 is 0 Å². The highest BCUT2D eigenvalue weighted by atomic mass is 127. The molecule has 0 aliphatic heterocycles. The molecule has 150 valence electrons. The molecule has 0 saturated heterocycles. The van der Waals surface area contributed by atoms with Gasteiger partial charge < -0.3 is 10.2 Å². The molecule has 1 aromatic carbocycles. The van der Waals surface area contributed by atoms with Crippen molar-refractivity contribution in [1.82, 2.24) is 24.7 Å². The van der Waals surface area contributed by atoms with Crippen LogP contribution in [0.1, 0.15) is 12.5 Å². The van der Waals surface area contributed by atoms with Crippen LogP contribution in [-0.2, 0) is 16.6 Å². The number of aromatic nitrogens is 2. The SMILES string of the molecule is CCNC(=NCCNS(C)(=O)=O)N(C)Cc1cnn(-c2ccccc2)c1.I. The van der Waals surface area contributed by atoms with Gasteiger partial charge in [0.15, 0.2) is 5.96 Å². The molecule has 2 aromatic rings. The Hall–Kier alpha value is -1.66. The summed E-state index contributed by atoms with van der Waals surface area (Å²) < 4.78 is 26.5. The Balaban J connectivity index is 0.00000364. The smallest absolute Gasteiger partial charge is 0.208 e. The van der Waals surface area contributed by atoms with E-state index in [1.165, 1.54) is 0 Å². The van der Waals surface area contributed by atoms with Gasteiger partial charge in [0.2, 0.25) is 10.0 Å². The Morgan fingerprint density at radius 3 is 2.63 bits per heavy atom. The van der Waals surface area contributed by atoms with Gasteiger partial charge in [-0.25, -0.2) is 17.8 Å². The van der Waals surface area contributed by atoms with Crippen LogP contribution in [0.5, 0.6) is 0 Å². The number of nitrogens with zero attached hydrogens (tertiary/aromatic N) is 4. The second-order valence-electron chi connectivity index (χ2n) is 5.89. The first-order chi connectivity index (χ1) is 12.4. The molecule has 0 aliphatic rings. The van der Waals surface area contributed by atoms with E-state index in [4.69, 9.17) is 0 Å². The van der Waals surface area contributed by atoms with Gasteiger partial charge in [0.1, 0.15) is 0 Å². The van der Waals surface area contributed by atoms with Crippen LogP contribution in [0.15, 0.2) is 47.7 Å². The molecule has 10 heteroatoms. The molecule has 0 spiro atoms. The highest BCUT2D eigenvalue weighted by molar-refractivity contribution is 14.0. The Kier molecular flexibility index (Phi) is 9.74. The molecule has 0 unspecified atom stereocenters. The average Bonchev–Trinajstić information content (AvgIpc) is 3.06. The molecule has 0 bridgehead atoms. The summed E-state index contributed by atoms with van der Waals surface area (Å²) in [4.78, 5) is 6.44. The normalized spacial score (nSPS) is 11.7. The molecule has 8 nitrogen and oxygen atoms in total. The van der Waals surface area contributed by atoms with Gasteiger partial charge in [-0.05, 0) is 19.1 Å². The first kappa shape index (κ1) is 23.4. The summed E-state index contributed by atoms with van der Waals surface area (Å²) in [6.07, 6.45) is 4.96. The van der Waals surface area contributed by atoms with Crippen LogP contribution in [0.3, 0.4) is 0 Å². The topological polar surface area (TPSA) is 91.6 Å². The third-order valence-electron chi connectivity index (χ3n) is 3.51. The molecular formula is C17H27IN6O2S. The maximum atomic E-state index is 11.1. The lowest BCUT2D eigenvalue weighted by Crippen LogP contribution is -2.39. The molecule has 0 saturated carbocycles. The number of nitrogens with one attached hydrogen (secondary N) is 2. The Labute approximate surface area is 178 Å². The summed E-state index contributed by atoms with van der Waals surface area (Å²) in [7, 11) is -1.26. The second kappa shape index (κ2) is 11.2. The Morgan fingerprint density at radius 1 is 1.30 bits per heavy atom. The van der Waals surface area contributed by atoms with Gasteiger partial charge in [0.05, 0.1) is 24.7 Å². The highest BCUT2D eigenvalue weighted by Gasteiger charge is 2.09. The van der Waals surface area contributed by atoms with Crippen molar-refractivity contribution in [3.05, 3.63) is 48.3 Å². The molecule has 2 rings (SSSR count). The molecule has 0 fully saturated rings. The molecule has 1 aromatic heterocycles. The quantitative estimate of drug-likeness (QED) is 0.245. The first-order valence-electron chi connectivity index (χ1n) is 8.42. The zero-order valence-corrected chi connectivity index (χ0v) is 18.9. The average molecular weight is 506 g/mol. The van der Waals surface area contributed by atoms with E-state index in [9.17, 15) is 8.42 Å². The first-order valence-corrected chi connectivity index (χ1v) is 10.3. The number of halogens is 1. The van der Waals surface area contributed by atoms with Gasteiger partial charge in [-0.15, -0.1) is 24.0 Å². The van der Waals surface area contributed by atoms with Gasteiger partial charge in [-0.3, -0.25) is 4.99 Å². The molecule has 1 heterocycles. The van der Waals surface area contributed by atoms with E-state index < -0.39 is 10.0 Å². The number of sulfonamides is 1. The van der Waals surface area contributed by atoms with Crippen molar-refractivity contribution in [2.75, 3.05) is 32.9 Å². The van der Waals surface area contributed by atoms with Gasteiger partial charge in [-0.2, -0.15) is 5.10 Å². The summed E-state index contributed by atoms with van der Waals surface area (Å²) in [5.41, 5.74) is 2.06. The minimum atomic E-state index is -3.19. The van der Waals surface area contributed by atoms with Gasteiger partial charge in [-0.1, -0.05) is 18.2 Å². The number of hydrogen-bond donors (Lipinski definition) is 2. The lowest BCUT2D eigenvalue weighted by molar-refractivity contribution is 0.477. The minimum absolute atomic E-state index is 0. The van der Waals surface area contributed by atoms with E-state index in [2.05, 4.69) is 20.1 Å². The Bertz CT molecular complexity index is 823. The van der Waals surface area contributed by atoms with E-state index in [0.29, 0.717) is 13.1 Å². The predicted molar refractivity (Wildman–Crippen MR) is 119 cm³/mol. The van der Waals surface area contributed by atoms with Crippen LogP contribution >= 0.6 is 24.0 Å². The van der Waals surface area contributed by atoms with Crippen molar-refractivity contribution in [2.24, 2.45) is 4.99 Å². The molecule has 27 heavy (non-hydrogen) atoms. The van der Waals surface area contributed by atoms with Gasteiger partial charge >= 0.3 is 0 Å². The lowest BCUT2D eigenvalue weighted by atomic mass is 10.3. The van der Waals surface area contributed by atoms with Crippen LogP contribution in [0.2, 0.25) is 0 Å². The van der Waals surface area contributed by atoms with Crippen molar-refractivity contribution in [2.45, 2.75) is 13.5 Å². The van der Waals surface area contributed by atoms with Crippen molar-refractivity contribution in [3.8, 4) is 5.69 Å². The fraction of sp³-hybridized carbons (Fsp3) is 0.412. The summed E-state index contributed by atoms with van der Waals surface area (Å²) in [6, 6.07) is 9.92. The van der Waals surface area contributed by atoms with Crippen molar-refractivity contribution < 1.29 is 8.42 Å². The van der Waals surface area contributed by atoms with Crippen molar-refractivity contribution in [3.63, 3.8) is 0 Å². The summed E-state index contributed by atoms with van der Waals surface area (Å²) in [6.45, 7) is 3.99. The Morgan fingerprint density at radius 2 is 2.00 bits per heavy atom. The van der Waals surface area contributed by atoms with Crippen LogP contribution in [0.4, 0.5) is 0 Å². The van der Waals surface area contributed by atoms with Crippen LogP contribution in [-0.4, -0.2) is 62.0 Å². The van der Waals surface area contributed by atoms with Gasteiger partial charge in [0.25, 0.3) is 0 Å². The number of rotatable bonds is 8. The monoisotopic (exact) mass is 506 g/mol. The van der Waals surface area contributed by atoms with Crippen molar-refractivity contribution in [1.29, 1.82) is 0 Å². The maximum absolute atomic E-state index is 11.1. The van der Waals surface area contributed by atoms with E-state index in [1.54, 1.807) is 0 Å². The number of aliphatic imine (C=N–C) groups is 1. The van der Waals surface area contributed by atoms with Crippen LogP contribution < -0.4 is 10.0 Å². The summed E-state index contributed by atoms with van der Waals surface area (Å²) in [5, 5.41) is 7.61. The zero-order chi connectivity index (χ0) is 19.0. The zero-order valence-electron chi connectivity index (χ0n) is 15.8. The minimum Gasteiger partial charge on any atom is -0.357 e. The fourth-order valence-corrected chi connectivity index (χ4v) is 2.84. The molecule has 0 aliphatic carbocycles. The number of benzene rings is 1. The fourth-order valence-electron chi connectivity index (χ4n) is 2.37. The highest BCUT2D eigenvalue weighted by Crippen LogP contribution is 2.09. The standard InChI is InChI=1S/C17H26N6O2S.HI/c1-4-18-17(19-10-11-21-26(3,24)25)22(2)13-15-12-20-23(14-15)16-8-6-5-7-9-16;/h5-9,12,14,21H,4,10-11,13H2,1-3H3,(H,18,19);1H. The van der Waals surface area contributed by atoms with Gasteiger partial charge in [0, 0.05) is 38.4 Å². The second-order valence-corrected chi connectivity index (χ2v) is 7.72. The molecular weight excluding hydrogens is 479 g/mol. The third-order valence-corrected chi connectivity index (χ3v) is 4.24. The molecule has 2 N–H and O–H groups in total. The predicted octanol–water partition coefficient (Wildman–Crippen LogP) is 1.44.